The smallest absolute Gasteiger partial charge is 0.294 e. The number of aliphatic imine (C=N–C) groups is 1. The van der Waals surface area contributed by atoms with Crippen molar-refractivity contribution in [2.24, 2.45) is 4.99 Å². The van der Waals surface area contributed by atoms with Crippen molar-refractivity contribution >= 4 is 16.1 Å². The number of nitrogens with zero attached hydrogens (tertiary/aromatic N) is 2. The Balaban J connectivity index is 0.000000289. The van der Waals surface area contributed by atoms with E-state index in [4.69, 9.17) is 9.96 Å². The highest BCUT2D eigenvalue weighted by molar-refractivity contribution is 7.85. The Labute approximate surface area is 161 Å². The topological polar surface area (TPSA) is 93.8 Å². The van der Waals surface area contributed by atoms with Crippen LogP contribution in [0.1, 0.15) is 17.5 Å². The predicted molar refractivity (Wildman–Crippen MR) is 108 cm³/mol. The molecule has 7 heteroatoms. The van der Waals surface area contributed by atoms with Crippen LogP contribution in [0.15, 0.2) is 64.5 Å². The van der Waals surface area contributed by atoms with Crippen LogP contribution in [0, 0.1) is 12.3 Å². The van der Waals surface area contributed by atoms with E-state index in [1.54, 1.807) is 12.1 Å². The summed E-state index contributed by atoms with van der Waals surface area (Å²) < 4.78 is 29.6. The molecule has 2 N–H and O–H groups in total. The highest BCUT2D eigenvalue weighted by Gasteiger charge is 2.08. The molecule has 2 aromatic rings. The summed E-state index contributed by atoms with van der Waals surface area (Å²) in [5, 5.41) is 6.95. The summed E-state index contributed by atoms with van der Waals surface area (Å²) in [6.07, 6.45) is 1.86. The maximum Gasteiger partial charge on any atom is 0.294 e. The monoisotopic (exact) mass is 389 g/mol. The van der Waals surface area contributed by atoms with Crippen molar-refractivity contribution in [2.75, 3.05) is 20.6 Å². The normalized spacial score (nSPS) is 11.9. The third-order valence-electron chi connectivity index (χ3n) is 3.79. The van der Waals surface area contributed by atoms with Gasteiger partial charge in [-0.25, -0.2) is 10.4 Å². The SMILES string of the molecule is CN(C)CCC(Cc1ccccc1)N=C=N.Cc1ccc(S(=O)(=O)O)cc1. The average molecular weight is 390 g/mol. The van der Waals surface area contributed by atoms with Crippen LogP contribution in [0.25, 0.3) is 0 Å². The molecule has 2 rings (SSSR count). The molecule has 0 fully saturated rings. The third-order valence-corrected chi connectivity index (χ3v) is 4.66. The standard InChI is InChI=1S/C13H19N3.C7H8O3S/c1-16(2)9-8-13(15-11-14)10-12-6-4-3-5-7-12;1-6-2-4-7(5-3-6)11(8,9)10/h3-7,13-14H,8-10H2,1-2H3;2-5H,1H3,(H,8,9,10). The van der Waals surface area contributed by atoms with Gasteiger partial charge in [-0.3, -0.25) is 4.55 Å². The number of hydrogen-bond donors (Lipinski definition) is 2. The molecule has 0 aromatic heterocycles. The van der Waals surface area contributed by atoms with E-state index in [1.807, 2.05) is 39.2 Å². The first kappa shape index (κ1) is 22.7. The van der Waals surface area contributed by atoms with Crippen LogP contribution in [0.2, 0.25) is 0 Å². The van der Waals surface area contributed by atoms with Gasteiger partial charge in [-0.05, 0) is 58.1 Å². The molecule has 0 aliphatic heterocycles. The van der Waals surface area contributed by atoms with Crippen molar-refractivity contribution in [2.45, 2.75) is 30.7 Å². The lowest BCUT2D eigenvalue weighted by Crippen LogP contribution is -2.19. The molecule has 0 radical (unpaired) electrons. The van der Waals surface area contributed by atoms with E-state index in [-0.39, 0.29) is 10.9 Å². The molecule has 2 aromatic carbocycles. The molecule has 0 saturated carbocycles. The first-order valence-corrected chi connectivity index (χ1v) is 10.0. The fourth-order valence-corrected chi connectivity index (χ4v) is 2.79. The van der Waals surface area contributed by atoms with E-state index < -0.39 is 10.1 Å². The summed E-state index contributed by atoms with van der Waals surface area (Å²) in [5.41, 5.74) is 2.22. The van der Waals surface area contributed by atoms with E-state index in [1.165, 1.54) is 17.7 Å². The molecule has 1 atom stereocenters. The second-order valence-electron chi connectivity index (χ2n) is 6.46. The lowest BCUT2D eigenvalue weighted by Gasteiger charge is -2.14. The van der Waals surface area contributed by atoms with Gasteiger partial charge < -0.3 is 4.90 Å². The van der Waals surface area contributed by atoms with Gasteiger partial charge in [0.05, 0.1) is 16.9 Å². The van der Waals surface area contributed by atoms with Crippen LogP contribution in [-0.4, -0.2) is 50.6 Å². The fourth-order valence-electron chi connectivity index (χ4n) is 2.31. The van der Waals surface area contributed by atoms with Crippen molar-refractivity contribution < 1.29 is 13.0 Å². The molecular weight excluding hydrogens is 362 g/mol. The van der Waals surface area contributed by atoms with Gasteiger partial charge in [0.15, 0.2) is 0 Å². The number of hydrogen-bond acceptors (Lipinski definition) is 5. The molecule has 1 unspecified atom stereocenters. The van der Waals surface area contributed by atoms with Gasteiger partial charge in [0.1, 0.15) is 0 Å². The van der Waals surface area contributed by atoms with E-state index in [0.29, 0.717) is 0 Å². The van der Waals surface area contributed by atoms with Gasteiger partial charge in [-0.1, -0.05) is 48.0 Å². The maximum atomic E-state index is 10.5. The first-order valence-electron chi connectivity index (χ1n) is 8.56. The minimum atomic E-state index is -4.02. The van der Waals surface area contributed by atoms with Crippen LogP contribution in [0.3, 0.4) is 0 Å². The van der Waals surface area contributed by atoms with E-state index >= 15 is 0 Å². The second-order valence-corrected chi connectivity index (χ2v) is 7.89. The molecule has 0 aliphatic rings. The van der Waals surface area contributed by atoms with Crippen LogP contribution in [0.4, 0.5) is 0 Å². The number of aryl methyl sites for hydroxylation is 1. The first-order chi connectivity index (χ1) is 12.7. The highest BCUT2D eigenvalue weighted by Crippen LogP contribution is 2.09. The Morgan fingerprint density at radius 2 is 1.70 bits per heavy atom. The summed E-state index contributed by atoms with van der Waals surface area (Å²) >= 11 is 0. The zero-order valence-electron chi connectivity index (χ0n) is 16.0. The summed E-state index contributed by atoms with van der Waals surface area (Å²) in [6.45, 7) is 2.83. The quantitative estimate of drug-likeness (QED) is 0.559. The molecule has 27 heavy (non-hydrogen) atoms. The average Bonchev–Trinajstić information content (AvgIpc) is 2.61. The Morgan fingerprint density at radius 1 is 1.11 bits per heavy atom. The van der Waals surface area contributed by atoms with Crippen molar-refractivity contribution in [3.05, 3.63) is 65.7 Å². The van der Waals surface area contributed by atoms with Gasteiger partial charge in [-0.2, -0.15) is 8.42 Å². The lowest BCUT2D eigenvalue weighted by atomic mass is 10.0. The van der Waals surface area contributed by atoms with E-state index in [2.05, 4.69) is 28.0 Å². The Kier molecular flexibility index (Phi) is 9.61. The number of benzene rings is 2. The lowest BCUT2D eigenvalue weighted by molar-refractivity contribution is 0.380. The summed E-state index contributed by atoms with van der Waals surface area (Å²) in [6, 6.07) is 18.6. The molecule has 0 heterocycles. The van der Waals surface area contributed by atoms with Crippen LogP contribution in [0.5, 0.6) is 0 Å². The van der Waals surface area contributed by atoms with Crippen molar-refractivity contribution in [3.8, 4) is 0 Å². The molecule has 6 nitrogen and oxygen atoms in total. The zero-order valence-corrected chi connectivity index (χ0v) is 16.8. The molecule has 0 saturated heterocycles. The molecule has 0 spiro atoms. The second kappa shape index (κ2) is 11.4. The molecule has 0 aliphatic carbocycles. The molecule has 0 bridgehead atoms. The van der Waals surface area contributed by atoms with Crippen LogP contribution < -0.4 is 0 Å². The minimum absolute atomic E-state index is 0.0666. The highest BCUT2D eigenvalue weighted by atomic mass is 32.2. The van der Waals surface area contributed by atoms with Gasteiger partial charge in [-0.15, -0.1) is 0 Å². The van der Waals surface area contributed by atoms with Crippen molar-refractivity contribution in [3.63, 3.8) is 0 Å². The van der Waals surface area contributed by atoms with Gasteiger partial charge in [0.2, 0.25) is 0 Å². The van der Waals surface area contributed by atoms with E-state index in [0.717, 1.165) is 24.9 Å². The van der Waals surface area contributed by atoms with Gasteiger partial charge in [0, 0.05) is 0 Å². The Bertz CT molecular complexity index is 829. The van der Waals surface area contributed by atoms with Crippen molar-refractivity contribution in [1.82, 2.24) is 4.90 Å². The maximum absolute atomic E-state index is 10.5. The zero-order chi connectivity index (χ0) is 20.3. The molecular formula is C20H27N3O3S. The third kappa shape index (κ3) is 9.82. The Morgan fingerprint density at radius 3 is 2.19 bits per heavy atom. The van der Waals surface area contributed by atoms with Gasteiger partial charge in [0.25, 0.3) is 10.1 Å². The molecule has 146 valence electrons. The van der Waals surface area contributed by atoms with Crippen LogP contribution in [-0.2, 0) is 16.5 Å². The van der Waals surface area contributed by atoms with Crippen molar-refractivity contribution in [1.29, 1.82) is 5.41 Å². The fraction of sp³-hybridized carbons (Fsp3) is 0.350. The van der Waals surface area contributed by atoms with Crippen LogP contribution >= 0.6 is 0 Å². The Hall–Kier alpha value is -2.31. The summed E-state index contributed by atoms with van der Waals surface area (Å²) in [5.74, 6) is 0. The predicted octanol–water partition coefficient (Wildman–Crippen LogP) is 3.54. The summed E-state index contributed by atoms with van der Waals surface area (Å²) in [7, 11) is 0.0790. The largest absolute Gasteiger partial charge is 0.309 e. The summed E-state index contributed by atoms with van der Waals surface area (Å²) in [4.78, 5) is 6.15. The van der Waals surface area contributed by atoms with E-state index in [9.17, 15) is 8.42 Å². The molecule has 0 amide bonds. The number of rotatable bonds is 7. The van der Waals surface area contributed by atoms with Gasteiger partial charge >= 0.3 is 0 Å². The minimum Gasteiger partial charge on any atom is -0.309 e. The number of nitrogens with one attached hydrogen (secondary N) is 1.